The smallest absolute Gasteiger partial charge is 0.309 e. The molecule has 0 radical (unpaired) electrons. The first kappa shape index (κ1) is 13.7. The summed E-state index contributed by atoms with van der Waals surface area (Å²) in [6.45, 7) is 0. The highest BCUT2D eigenvalue weighted by molar-refractivity contribution is 9.10. The van der Waals surface area contributed by atoms with Crippen molar-refractivity contribution >= 4 is 21.9 Å². The van der Waals surface area contributed by atoms with Gasteiger partial charge >= 0.3 is 5.97 Å². The van der Waals surface area contributed by atoms with Gasteiger partial charge in [0, 0.05) is 12.6 Å². The summed E-state index contributed by atoms with van der Waals surface area (Å²) in [5.41, 5.74) is 0.543. The average Bonchev–Trinajstić information content (AvgIpc) is 2.60. The lowest BCUT2D eigenvalue weighted by atomic mass is 10.1. The van der Waals surface area contributed by atoms with E-state index in [-0.39, 0.29) is 17.7 Å². The first-order chi connectivity index (χ1) is 8.90. The van der Waals surface area contributed by atoms with E-state index in [1.54, 1.807) is 7.05 Å². The zero-order chi connectivity index (χ0) is 14.2. The maximum Gasteiger partial charge on any atom is 0.309 e. The van der Waals surface area contributed by atoms with Gasteiger partial charge in [-0.2, -0.15) is 5.10 Å². The molecule has 0 fully saturated rings. The first-order valence-electron chi connectivity index (χ1n) is 5.28. The van der Waals surface area contributed by atoms with Crippen molar-refractivity contribution in [3.05, 3.63) is 40.0 Å². The summed E-state index contributed by atoms with van der Waals surface area (Å²) in [5.74, 6) is -2.24. The van der Waals surface area contributed by atoms with Crippen LogP contribution in [0.5, 0.6) is 0 Å². The number of aryl methyl sites for hydroxylation is 1. The van der Waals surface area contributed by atoms with Gasteiger partial charge in [0.05, 0.1) is 16.6 Å². The van der Waals surface area contributed by atoms with Crippen LogP contribution in [0.2, 0.25) is 0 Å². The number of halogens is 3. The summed E-state index contributed by atoms with van der Waals surface area (Å²) >= 11 is 3.19. The summed E-state index contributed by atoms with van der Waals surface area (Å²) in [6, 6.07) is 3.03. The lowest BCUT2D eigenvalue weighted by molar-refractivity contribution is -0.136. The summed E-state index contributed by atoms with van der Waals surface area (Å²) in [7, 11) is 1.55. The van der Waals surface area contributed by atoms with Gasteiger partial charge in [-0.25, -0.2) is 8.78 Å². The fourth-order valence-electron chi connectivity index (χ4n) is 1.72. The molecule has 1 aromatic heterocycles. The quantitative estimate of drug-likeness (QED) is 0.941. The maximum absolute atomic E-state index is 13.7. The molecule has 0 aliphatic carbocycles. The van der Waals surface area contributed by atoms with Gasteiger partial charge < -0.3 is 5.11 Å². The number of carboxylic acid groups (broad SMARTS) is 1. The number of hydrogen-bond donors (Lipinski definition) is 1. The number of rotatable bonds is 3. The van der Waals surface area contributed by atoms with Crippen LogP contribution in [0.1, 0.15) is 5.69 Å². The van der Waals surface area contributed by atoms with Crippen LogP contribution >= 0.6 is 15.9 Å². The summed E-state index contributed by atoms with van der Waals surface area (Å²) in [4.78, 5) is 10.7. The molecule has 0 amide bonds. The molecular formula is C12H9BrF2N2O2. The Balaban J connectivity index is 2.57. The third kappa shape index (κ3) is 2.65. The highest BCUT2D eigenvalue weighted by Crippen LogP contribution is 2.32. The van der Waals surface area contributed by atoms with Crippen LogP contribution in [0.25, 0.3) is 11.3 Å². The number of aromatic nitrogens is 2. The molecule has 2 rings (SSSR count). The van der Waals surface area contributed by atoms with Crippen molar-refractivity contribution in [2.24, 2.45) is 7.05 Å². The van der Waals surface area contributed by atoms with E-state index in [0.717, 1.165) is 18.2 Å². The van der Waals surface area contributed by atoms with Crippen LogP contribution in [0.3, 0.4) is 0 Å². The van der Waals surface area contributed by atoms with Gasteiger partial charge in [0.25, 0.3) is 0 Å². The van der Waals surface area contributed by atoms with E-state index in [1.165, 1.54) is 4.68 Å². The highest BCUT2D eigenvalue weighted by Gasteiger charge is 2.20. The minimum atomic E-state index is -1.03. The second-order valence-corrected chi connectivity index (χ2v) is 4.72. The van der Waals surface area contributed by atoms with E-state index in [9.17, 15) is 13.6 Å². The van der Waals surface area contributed by atoms with E-state index in [1.807, 2.05) is 0 Å². The van der Waals surface area contributed by atoms with Crippen molar-refractivity contribution in [3.8, 4) is 11.3 Å². The normalized spacial score (nSPS) is 10.7. The number of hydrogen-bond acceptors (Lipinski definition) is 2. The molecule has 100 valence electrons. The van der Waals surface area contributed by atoms with Crippen molar-refractivity contribution in [2.75, 3.05) is 0 Å². The van der Waals surface area contributed by atoms with Gasteiger partial charge in [-0.1, -0.05) is 0 Å². The number of nitrogens with zero attached hydrogens (tertiary/aromatic N) is 2. The lowest BCUT2D eigenvalue weighted by Crippen LogP contribution is -2.06. The molecule has 0 aliphatic heterocycles. The number of carboxylic acids is 1. The standard InChI is InChI=1S/C12H9BrF2N2O2/c1-17-9(5-10(18)19)11(13)12(16-17)7-4-6(14)2-3-8(7)15/h2-4H,5H2,1H3,(H,18,19). The lowest BCUT2D eigenvalue weighted by Gasteiger charge is -2.00. The molecule has 0 spiro atoms. The predicted octanol–water partition coefficient (Wildman–Crippen LogP) is 2.75. The Morgan fingerprint density at radius 2 is 2.16 bits per heavy atom. The Bertz CT molecular complexity index is 655. The third-order valence-corrected chi connectivity index (χ3v) is 3.44. The molecule has 0 aliphatic rings. The predicted molar refractivity (Wildman–Crippen MR) is 67.6 cm³/mol. The minimum Gasteiger partial charge on any atom is -0.481 e. The topological polar surface area (TPSA) is 55.1 Å². The van der Waals surface area contributed by atoms with E-state index >= 15 is 0 Å². The van der Waals surface area contributed by atoms with Crippen molar-refractivity contribution in [2.45, 2.75) is 6.42 Å². The average molecular weight is 331 g/mol. The molecule has 1 aromatic carbocycles. The Labute approximate surface area is 115 Å². The Kier molecular flexibility index (Phi) is 3.66. The summed E-state index contributed by atoms with van der Waals surface area (Å²) in [5, 5.41) is 12.8. The molecule has 0 atom stereocenters. The fourth-order valence-corrected chi connectivity index (χ4v) is 2.41. The van der Waals surface area contributed by atoms with Gasteiger partial charge in [-0.05, 0) is 34.1 Å². The first-order valence-corrected chi connectivity index (χ1v) is 6.08. The van der Waals surface area contributed by atoms with Crippen molar-refractivity contribution in [1.82, 2.24) is 9.78 Å². The summed E-state index contributed by atoms with van der Waals surface area (Å²) < 4.78 is 28.5. The molecule has 0 unspecified atom stereocenters. The van der Waals surface area contributed by atoms with Gasteiger partial charge in [0.1, 0.15) is 17.3 Å². The largest absolute Gasteiger partial charge is 0.481 e. The van der Waals surface area contributed by atoms with Gasteiger partial charge in [-0.3, -0.25) is 9.48 Å². The molecule has 0 saturated carbocycles. The van der Waals surface area contributed by atoms with E-state index in [4.69, 9.17) is 5.11 Å². The summed E-state index contributed by atoms with van der Waals surface area (Å²) in [6.07, 6.45) is -0.263. The Morgan fingerprint density at radius 1 is 1.47 bits per heavy atom. The zero-order valence-corrected chi connectivity index (χ0v) is 11.4. The van der Waals surface area contributed by atoms with Crippen LogP contribution in [0, 0.1) is 11.6 Å². The van der Waals surface area contributed by atoms with Gasteiger partial charge in [0.2, 0.25) is 0 Å². The monoisotopic (exact) mass is 330 g/mol. The van der Waals surface area contributed by atoms with Crippen molar-refractivity contribution in [3.63, 3.8) is 0 Å². The molecule has 19 heavy (non-hydrogen) atoms. The number of carbonyl (C=O) groups is 1. The van der Waals surface area contributed by atoms with Crippen LogP contribution in [0.15, 0.2) is 22.7 Å². The molecule has 7 heteroatoms. The number of benzene rings is 1. The molecule has 0 saturated heterocycles. The second-order valence-electron chi connectivity index (χ2n) is 3.93. The van der Waals surface area contributed by atoms with Gasteiger partial charge in [-0.15, -0.1) is 0 Å². The van der Waals surface area contributed by atoms with Crippen LogP contribution < -0.4 is 0 Å². The SMILES string of the molecule is Cn1nc(-c2cc(F)ccc2F)c(Br)c1CC(=O)O. The minimum absolute atomic E-state index is 0.0147. The molecule has 0 bridgehead atoms. The van der Waals surface area contributed by atoms with Crippen LogP contribution in [-0.2, 0) is 18.3 Å². The Hall–Kier alpha value is -1.76. The van der Waals surface area contributed by atoms with Crippen molar-refractivity contribution < 1.29 is 18.7 Å². The van der Waals surface area contributed by atoms with Crippen LogP contribution in [0.4, 0.5) is 8.78 Å². The Morgan fingerprint density at radius 3 is 2.79 bits per heavy atom. The number of aliphatic carboxylic acids is 1. The van der Waals surface area contributed by atoms with E-state index in [2.05, 4.69) is 21.0 Å². The highest BCUT2D eigenvalue weighted by atomic mass is 79.9. The molecule has 1 heterocycles. The van der Waals surface area contributed by atoms with Gasteiger partial charge in [0.15, 0.2) is 0 Å². The fraction of sp³-hybridized carbons (Fsp3) is 0.167. The zero-order valence-electron chi connectivity index (χ0n) is 9.82. The third-order valence-electron chi connectivity index (χ3n) is 2.60. The van der Waals surface area contributed by atoms with E-state index in [0.29, 0.717) is 10.2 Å². The molecule has 4 nitrogen and oxygen atoms in total. The molecular weight excluding hydrogens is 322 g/mol. The molecule has 2 aromatic rings. The maximum atomic E-state index is 13.7. The van der Waals surface area contributed by atoms with Crippen LogP contribution in [-0.4, -0.2) is 20.9 Å². The molecule has 1 N–H and O–H groups in total. The van der Waals surface area contributed by atoms with Crippen molar-refractivity contribution in [1.29, 1.82) is 0 Å². The van der Waals surface area contributed by atoms with E-state index < -0.39 is 17.6 Å². The second kappa shape index (κ2) is 5.08.